The van der Waals surface area contributed by atoms with Crippen LogP contribution in [0.1, 0.15) is 40.6 Å². The predicted molar refractivity (Wildman–Crippen MR) is 87.4 cm³/mol. The highest BCUT2D eigenvalue weighted by Gasteiger charge is 2.27. The number of nitrogens with zero attached hydrogens (tertiary/aromatic N) is 2. The molecule has 3 aromatic rings. The lowest BCUT2D eigenvalue weighted by molar-refractivity contribution is 0.0671. The molecule has 1 fully saturated rings. The Balaban J connectivity index is 1.48. The van der Waals surface area contributed by atoms with Gasteiger partial charge >= 0.3 is 0 Å². The van der Waals surface area contributed by atoms with Crippen molar-refractivity contribution in [3.8, 4) is 0 Å². The van der Waals surface area contributed by atoms with E-state index in [1.807, 2.05) is 17.9 Å². The van der Waals surface area contributed by atoms with Gasteiger partial charge in [0.25, 0.3) is 5.91 Å². The molecular weight excluding hydrogens is 290 g/mol. The molecule has 1 amide bonds. The highest BCUT2D eigenvalue weighted by Crippen LogP contribution is 2.33. The van der Waals surface area contributed by atoms with Crippen LogP contribution in [0.2, 0.25) is 0 Å². The molecule has 23 heavy (non-hydrogen) atoms. The molecule has 2 aromatic heterocycles. The number of aromatic amines is 1. The summed E-state index contributed by atoms with van der Waals surface area (Å²) < 4.78 is 5.09. The molecule has 5 heteroatoms. The fourth-order valence-electron chi connectivity index (χ4n) is 3.45. The molecular formula is C18H19N3O2. The van der Waals surface area contributed by atoms with E-state index in [1.54, 1.807) is 6.07 Å². The number of carbonyl (C=O) groups is 1. The van der Waals surface area contributed by atoms with Crippen LogP contribution in [0.3, 0.4) is 0 Å². The molecule has 0 spiro atoms. The van der Waals surface area contributed by atoms with E-state index >= 15 is 0 Å². The molecule has 1 saturated heterocycles. The van der Waals surface area contributed by atoms with Gasteiger partial charge in [0.15, 0.2) is 0 Å². The van der Waals surface area contributed by atoms with Crippen molar-refractivity contribution < 1.29 is 9.32 Å². The van der Waals surface area contributed by atoms with Crippen LogP contribution in [0, 0.1) is 6.92 Å². The Morgan fingerprint density at radius 2 is 2.09 bits per heavy atom. The Morgan fingerprint density at radius 1 is 1.30 bits per heavy atom. The summed E-state index contributed by atoms with van der Waals surface area (Å²) in [4.78, 5) is 17.6. The smallest absolute Gasteiger partial charge is 0.292 e. The predicted octanol–water partition coefficient (Wildman–Crippen LogP) is 3.48. The van der Waals surface area contributed by atoms with E-state index in [1.165, 1.54) is 16.5 Å². The Morgan fingerprint density at radius 3 is 2.83 bits per heavy atom. The van der Waals surface area contributed by atoms with Crippen molar-refractivity contribution in [3.05, 3.63) is 53.5 Å². The van der Waals surface area contributed by atoms with Crippen LogP contribution in [-0.2, 0) is 0 Å². The van der Waals surface area contributed by atoms with Crippen molar-refractivity contribution in [1.82, 2.24) is 15.0 Å². The second-order valence-corrected chi connectivity index (χ2v) is 6.19. The van der Waals surface area contributed by atoms with Crippen molar-refractivity contribution >= 4 is 16.8 Å². The third-order valence-corrected chi connectivity index (χ3v) is 4.68. The summed E-state index contributed by atoms with van der Waals surface area (Å²) in [6.07, 6.45) is 4.06. The lowest BCUT2D eigenvalue weighted by atomic mass is 9.89. The lowest BCUT2D eigenvalue weighted by Crippen LogP contribution is -2.37. The van der Waals surface area contributed by atoms with Crippen molar-refractivity contribution in [2.45, 2.75) is 25.7 Å². The maximum Gasteiger partial charge on any atom is 0.292 e. The van der Waals surface area contributed by atoms with Gasteiger partial charge in [0.05, 0.1) is 5.69 Å². The van der Waals surface area contributed by atoms with Crippen LogP contribution >= 0.6 is 0 Å². The number of aromatic nitrogens is 2. The number of H-pyrrole nitrogens is 1. The number of hydrogen-bond acceptors (Lipinski definition) is 3. The fraction of sp³-hybridized carbons (Fsp3) is 0.333. The zero-order valence-electron chi connectivity index (χ0n) is 13.1. The number of nitrogens with one attached hydrogen (secondary N) is 1. The second-order valence-electron chi connectivity index (χ2n) is 6.19. The molecule has 3 heterocycles. The van der Waals surface area contributed by atoms with Crippen LogP contribution in [0.15, 0.2) is 41.1 Å². The Hall–Kier alpha value is -2.56. The Kier molecular flexibility index (Phi) is 3.41. The van der Waals surface area contributed by atoms with Crippen LogP contribution in [-0.4, -0.2) is 34.0 Å². The average molecular weight is 309 g/mol. The van der Waals surface area contributed by atoms with E-state index < -0.39 is 0 Å². The van der Waals surface area contributed by atoms with Gasteiger partial charge in [-0.1, -0.05) is 23.4 Å². The number of carbonyl (C=O) groups excluding carboxylic acids is 1. The lowest BCUT2D eigenvalue weighted by Gasteiger charge is -2.31. The van der Waals surface area contributed by atoms with Gasteiger partial charge in [-0.15, -0.1) is 0 Å². The van der Waals surface area contributed by atoms with E-state index in [-0.39, 0.29) is 5.91 Å². The second kappa shape index (κ2) is 5.57. The molecule has 1 N–H and O–H groups in total. The average Bonchev–Trinajstić information content (AvgIpc) is 3.21. The van der Waals surface area contributed by atoms with E-state index in [2.05, 4.69) is 34.5 Å². The number of aryl methyl sites for hydroxylation is 1. The molecule has 0 unspecified atom stereocenters. The number of fused-ring (bicyclic) bond motifs is 1. The molecule has 118 valence electrons. The minimum absolute atomic E-state index is 0.0528. The first-order valence-electron chi connectivity index (χ1n) is 8.01. The Bertz CT molecular complexity index is 841. The first-order chi connectivity index (χ1) is 11.2. The van der Waals surface area contributed by atoms with Crippen molar-refractivity contribution in [2.24, 2.45) is 0 Å². The van der Waals surface area contributed by atoms with Gasteiger partial charge in [-0.05, 0) is 37.3 Å². The van der Waals surface area contributed by atoms with Gasteiger partial charge in [0.2, 0.25) is 5.76 Å². The third kappa shape index (κ3) is 2.52. The van der Waals surface area contributed by atoms with Crippen molar-refractivity contribution in [2.75, 3.05) is 13.1 Å². The maximum absolute atomic E-state index is 12.4. The van der Waals surface area contributed by atoms with Crippen molar-refractivity contribution in [1.29, 1.82) is 0 Å². The van der Waals surface area contributed by atoms with Crippen molar-refractivity contribution in [3.63, 3.8) is 0 Å². The van der Waals surface area contributed by atoms with Gasteiger partial charge in [-0.2, -0.15) is 0 Å². The molecule has 0 bridgehead atoms. The summed E-state index contributed by atoms with van der Waals surface area (Å²) in [5.74, 6) is 0.780. The number of rotatable bonds is 2. The standard InChI is InChI=1S/C18H19N3O2/c1-12-10-17(23-20-12)18(22)21-8-6-13(7-9-21)15-11-19-16-5-3-2-4-14(15)16/h2-5,10-11,13,19H,6-9H2,1H3. The number of likely N-dealkylation sites (tertiary alicyclic amines) is 1. The maximum atomic E-state index is 12.4. The number of benzene rings is 1. The number of para-hydroxylation sites is 1. The zero-order valence-corrected chi connectivity index (χ0v) is 13.1. The first kappa shape index (κ1) is 14.1. The van der Waals surface area contributed by atoms with Gasteiger partial charge in [-0.3, -0.25) is 4.79 Å². The quantitative estimate of drug-likeness (QED) is 0.788. The molecule has 0 radical (unpaired) electrons. The SMILES string of the molecule is Cc1cc(C(=O)N2CCC(c3c[nH]c4ccccc34)CC2)on1. The normalized spacial score (nSPS) is 16.1. The topological polar surface area (TPSA) is 62.1 Å². The summed E-state index contributed by atoms with van der Waals surface area (Å²) in [5, 5.41) is 5.09. The summed E-state index contributed by atoms with van der Waals surface area (Å²) in [5.41, 5.74) is 3.28. The van der Waals surface area contributed by atoms with E-state index in [0.717, 1.165) is 31.6 Å². The van der Waals surface area contributed by atoms with E-state index in [9.17, 15) is 4.79 Å². The van der Waals surface area contributed by atoms with E-state index in [4.69, 9.17) is 4.52 Å². The van der Waals surface area contributed by atoms with Crippen LogP contribution < -0.4 is 0 Å². The zero-order chi connectivity index (χ0) is 15.8. The van der Waals surface area contributed by atoms with Gasteiger partial charge < -0.3 is 14.4 Å². The number of amides is 1. The van der Waals surface area contributed by atoms with Crippen LogP contribution in [0.4, 0.5) is 0 Å². The highest BCUT2D eigenvalue weighted by atomic mass is 16.5. The number of hydrogen-bond donors (Lipinski definition) is 1. The van der Waals surface area contributed by atoms with Gasteiger partial charge in [0, 0.05) is 36.3 Å². The van der Waals surface area contributed by atoms with E-state index in [0.29, 0.717) is 11.7 Å². The minimum atomic E-state index is -0.0528. The molecule has 5 nitrogen and oxygen atoms in total. The molecule has 1 aromatic carbocycles. The summed E-state index contributed by atoms with van der Waals surface area (Å²) >= 11 is 0. The summed E-state index contributed by atoms with van der Waals surface area (Å²) in [6.45, 7) is 3.33. The highest BCUT2D eigenvalue weighted by molar-refractivity contribution is 5.91. The van der Waals surface area contributed by atoms with Crippen LogP contribution in [0.5, 0.6) is 0 Å². The molecule has 0 saturated carbocycles. The molecule has 0 aliphatic carbocycles. The third-order valence-electron chi connectivity index (χ3n) is 4.68. The molecule has 1 aliphatic rings. The number of piperidine rings is 1. The fourth-order valence-corrected chi connectivity index (χ4v) is 3.45. The minimum Gasteiger partial charge on any atom is -0.361 e. The monoisotopic (exact) mass is 309 g/mol. The summed E-state index contributed by atoms with van der Waals surface area (Å²) in [6, 6.07) is 10.1. The molecule has 0 atom stereocenters. The van der Waals surface area contributed by atoms with Crippen LogP contribution in [0.25, 0.3) is 10.9 Å². The largest absolute Gasteiger partial charge is 0.361 e. The molecule has 4 rings (SSSR count). The first-order valence-corrected chi connectivity index (χ1v) is 8.01. The van der Waals surface area contributed by atoms with Gasteiger partial charge in [-0.25, -0.2) is 0 Å². The summed E-state index contributed by atoms with van der Waals surface area (Å²) in [7, 11) is 0. The Labute approximate surface area is 134 Å². The van der Waals surface area contributed by atoms with Gasteiger partial charge in [0.1, 0.15) is 0 Å². The molecule has 1 aliphatic heterocycles.